The van der Waals surface area contributed by atoms with Crippen LogP contribution in [0.1, 0.15) is 17.0 Å². The number of aromatic nitrogens is 6. The molecule has 0 aliphatic carbocycles. The van der Waals surface area contributed by atoms with E-state index in [0.717, 1.165) is 16.9 Å². The van der Waals surface area contributed by atoms with Gasteiger partial charge in [0.15, 0.2) is 0 Å². The van der Waals surface area contributed by atoms with Gasteiger partial charge in [0.25, 0.3) is 5.56 Å². The number of rotatable bonds is 4. The van der Waals surface area contributed by atoms with Crippen LogP contribution in [0.5, 0.6) is 0 Å². The molecule has 0 amide bonds. The third-order valence-electron chi connectivity index (χ3n) is 3.97. The molecule has 1 aromatic carbocycles. The van der Waals surface area contributed by atoms with Crippen LogP contribution in [0, 0.1) is 13.8 Å². The van der Waals surface area contributed by atoms with E-state index in [1.807, 2.05) is 56.3 Å². The lowest BCUT2D eigenvalue weighted by atomic mass is 10.2. The maximum Gasteiger partial charge on any atom is 0.258 e. The molecule has 26 heavy (non-hydrogen) atoms. The number of pyridine rings is 1. The van der Waals surface area contributed by atoms with Crippen LogP contribution in [0.2, 0.25) is 0 Å². The standard InChI is InChI=1S/C18H16N6OS/c1-12-5-3-7-15(9-12)24-18(20-21-22-24)26-11-14-10-17(25)23-13(2)6-4-8-16(23)19-14/h3-10H,11H2,1-2H3. The molecule has 4 rings (SSSR count). The summed E-state index contributed by atoms with van der Waals surface area (Å²) in [6.45, 7) is 3.91. The molecule has 3 aromatic heterocycles. The first kappa shape index (κ1) is 16.5. The first-order valence-electron chi connectivity index (χ1n) is 8.08. The molecule has 0 unspecified atom stereocenters. The monoisotopic (exact) mass is 364 g/mol. The van der Waals surface area contributed by atoms with E-state index in [4.69, 9.17) is 0 Å². The van der Waals surface area contributed by atoms with Crippen molar-refractivity contribution < 1.29 is 0 Å². The Morgan fingerprint density at radius 2 is 1.92 bits per heavy atom. The molecule has 0 radical (unpaired) electrons. The van der Waals surface area contributed by atoms with Crippen molar-refractivity contribution in [1.29, 1.82) is 0 Å². The van der Waals surface area contributed by atoms with Crippen molar-refractivity contribution in [3.63, 3.8) is 0 Å². The number of benzene rings is 1. The summed E-state index contributed by atoms with van der Waals surface area (Å²) in [7, 11) is 0. The summed E-state index contributed by atoms with van der Waals surface area (Å²) >= 11 is 1.45. The maximum absolute atomic E-state index is 12.4. The number of thioether (sulfide) groups is 1. The Morgan fingerprint density at radius 3 is 2.77 bits per heavy atom. The highest BCUT2D eigenvalue weighted by atomic mass is 32.2. The molecule has 0 bridgehead atoms. The highest BCUT2D eigenvalue weighted by Gasteiger charge is 2.11. The average molecular weight is 364 g/mol. The highest BCUT2D eigenvalue weighted by molar-refractivity contribution is 7.98. The van der Waals surface area contributed by atoms with E-state index in [2.05, 4.69) is 20.5 Å². The molecule has 130 valence electrons. The van der Waals surface area contributed by atoms with Crippen molar-refractivity contribution in [3.05, 3.63) is 75.8 Å². The molecule has 0 fully saturated rings. The number of hydrogen-bond donors (Lipinski definition) is 0. The van der Waals surface area contributed by atoms with Gasteiger partial charge in [-0.2, -0.15) is 4.68 Å². The van der Waals surface area contributed by atoms with E-state index in [9.17, 15) is 4.79 Å². The molecule has 8 heteroatoms. The van der Waals surface area contributed by atoms with Gasteiger partial charge < -0.3 is 0 Å². The van der Waals surface area contributed by atoms with Crippen LogP contribution in [-0.2, 0) is 5.75 Å². The van der Waals surface area contributed by atoms with E-state index in [0.29, 0.717) is 22.3 Å². The second-order valence-electron chi connectivity index (χ2n) is 5.95. The van der Waals surface area contributed by atoms with Crippen molar-refractivity contribution in [2.45, 2.75) is 24.8 Å². The van der Waals surface area contributed by atoms with Crippen LogP contribution < -0.4 is 5.56 Å². The fourth-order valence-electron chi connectivity index (χ4n) is 2.77. The second-order valence-corrected chi connectivity index (χ2v) is 6.89. The van der Waals surface area contributed by atoms with Crippen LogP contribution in [0.15, 0.2) is 58.5 Å². The lowest BCUT2D eigenvalue weighted by molar-refractivity contribution is 0.755. The fraction of sp³-hybridized carbons (Fsp3) is 0.167. The number of tetrazole rings is 1. The van der Waals surface area contributed by atoms with Gasteiger partial charge in [-0.25, -0.2) is 4.98 Å². The smallest absolute Gasteiger partial charge is 0.258 e. The SMILES string of the molecule is Cc1cccc(-n2nnnc2SCc2cc(=O)n3c(C)cccc3n2)c1. The van der Waals surface area contributed by atoms with E-state index >= 15 is 0 Å². The molecule has 0 saturated heterocycles. The van der Waals surface area contributed by atoms with Gasteiger partial charge in [-0.1, -0.05) is 30.0 Å². The molecular weight excluding hydrogens is 348 g/mol. The summed E-state index contributed by atoms with van der Waals surface area (Å²) in [5.74, 6) is 0.506. The number of nitrogens with zero attached hydrogens (tertiary/aromatic N) is 6. The van der Waals surface area contributed by atoms with Crippen LogP contribution in [-0.4, -0.2) is 29.6 Å². The molecule has 0 spiro atoms. The molecular formula is C18H16N6OS. The Kier molecular flexibility index (Phi) is 4.26. The van der Waals surface area contributed by atoms with Crippen molar-refractivity contribution >= 4 is 17.4 Å². The molecule has 0 atom stereocenters. The van der Waals surface area contributed by atoms with Gasteiger partial charge in [0.1, 0.15) is 5.65 Å². The lowest BCUT2D eigenvalue weighted by Gasteiger charge is -2.07. The van der Waals surface area contributed by atoms with Crippen LogP contribution in [0.25, 0.3) is 11.3 Å². The Hall–Kier alpha value is -3.00. The van der Waals surface area contributed by atoms with E-state index in [-0.39, 0.29) is 5.56 Å². The van der Waals surface area contributed by atoms with Gasteiger partial charge >= 0.3 is 0 Å². The molecule has 3 heterocycles. The zero-order chi connectivity index (χ0) is 18.1. The summed E-state index contributed by atoms with van der Waals surface area (Å²) in [4.78, 5) is 17.0. The van der Waals surface area contributed by atoms with Crippen LogP contribution >= 0.6 is 11.8 Å². The zero-order valence-electron chi connectivity index (χ0n) is 14.3. The van der Waals surface area contributed by atoms with E-state index in [1.54, 1.807) is 15.1 Å². The van der Waals surface area contributed by atoms with Crippen molar-refractivity contribution in [3.8, 4) is 5.69 Å². The molecule has 0 aliphatic heterocycles. The fourth-order valence-corrected chi connectivity index (χ4v) is 3.55. The summed E-state index contributed by atoms with van der Waals surface area (Å²) < 4.78 is 3.29. The topological polar surface area (TPSA) is 78.0 Å². The minimum atomic E-state index is -0.0815. The second kappa shape index (κ2) is 6.72. The third kappa shape index (κ3) is 3.11. The Labute approximate surface area is 153 Å². The third-order valence-corrected chi connectivity index (χ3v) is 4.92. The quantitative estimate of drug-likeness (QED) is 0.518. The van der Waals surface area contributed by atoms with Gasteiger partial charge in [-0.3, -0.25) is 9.20 Å². The lowest BCUT2D eigenvalue weighted by Crippen LogP contribution is -2.17. The first-order chi connectivity index (χ1) is 12.6. The molecule has 0 N–H and O–H groups in total. The zero-order valence-corrected chi connectivity index (χ0v) is 15.1. The van der Waals surface area contributed by atoms with Crippen LogP contribution in [0.3, 0.4) is 0 Å². The molecule has 4 aromatic rings. The maximum atomic E-state index is 12.4. The predicted octanol–water partition coefficient (Wildman–Crippen LogP) is 2.58. The number of fused-ring (bicyclic) bond motifs is 1. The average Bonchev–Trinajstić information content (AvgIpc) is 3.08. The summed E-state index contributed by atoms with van der Waals surface area (Å²) in [6.07, 6.45) is 0. The van der Waals surface area contributed by atoms with E-state index < -0.39 is 0 Å². The number of hydrogen-bond acceptors (Lipinski definition) is 6. The highest BCUT2D eigenvalue weighted by Crippen LogP contribution is 2.22. The number of aryl methyl sites for hydroxylation is 2. The largest absolute Gasteiger partial charge is 0.269 e. The minimum Gasteiger partial charge on any atom is -0.269 e. The van der Waals surface area contributed by atoms with Gasteiger partial charge in [-0.05, 0) is 54.1 Å². The van der Waals surface area contributed by atoms with Crippen molar-refractivity contribution in [1.82, 2.24) is 29.6 Å². The Bertz CT molecular complexity index is 1150. The van der Waals surface area contributed by atoms with Crippen molar-refractivity contribution in [2.24, 2.45) is 0 Å². The van der Waals surface area contributed by atoms with Gasteiger partial charge in [0.2, 0.25) is 5.16 Å². The van der Waals surface area contributed by atoms with Gasteiger partial charge in [-0.15, -0.1) is 5.10 Å². The van der Waals surface area contributed by atoms with Gasteiger partial charge in [0, 0.05) is 17.5 Å². The van der Waals surface area contributed by atoms with Gasteiger partial charge in [0.05, 0.1) is 11.4 Å². The van der Waals surface area contributed by atoms with E-state index in [1.165, 1.54) is 11.8 Å². The normalized spacial score (nSPS) is 11.2. The molecule has 0 saturated carbocycles. The summed E-state index contributed by atoms with van der Waals surface area (Å²) in [5, 5.41) is 12.6. The molecule has 0 aliphatic rings. The molecule has 7 nitrogen and oxygen atoms in total. The minimum absolute atomic E-state index is 0.0815. The summed E-state index contributed by atoms with van der Waals surface area (Å²) in [5.41, 5.74) is 4.16. The predicted molar refractivity (Wildman–Crippen MR) is 99.7 cm³/mol. The summed E-state index contributed by atoms with van der Waals surface area (Å²) in [6, 6.07) is 15.1. The first-order valence-corrected chi connectivity index (χ1v) is 9.07. The Morgan fingerprint density at radius 1 is 1.08 bits per heavy atom. The Balaban J connectivity index is 1.62. The van der Waals surface area contributed by atoms with Crippen LogP contribution in [0.4, 0.5) is 0 Å². The van der Waals surface area contributed by atoms with Crippen molar-refractivity contribution in [2.75, 3.05) is 0 Å².